The molecule has 6 aromatic heterocycles. The van der Waals surface area contributed by atoms with Gasteiger partial charge >= 0.3 is 576 Å². The number of fused-ring (bicyclic) bond motifs is 16. The van der Waals surface area contributed by atoms with Crippen LogP contribution >= 0.6 is 0 Å². The molecule has 12 heteroatoms. The topological polar surface area (TPSA) is 129 Å². The third-order valence-corrected chi connectivity index (χ3v) is 25.5. The third kappa shape index (κ3) is 11.1. The number of rotatable bonds is 10. The summed E-state index contributed by atoms with van der Waals surface area (Å²) in [5, 5.41) is 13.8. The van der Waals surface area contributed by atoms with Crippen molar-refractivity contribution in [2.75, 3.05) is 0 Å². The Hall–Kier alpha value is -13.4. The van der Waals surface area contributed by atoms with Gasteiger partial charge in [-0.25, -0.2) is 4.98 Å². The normalized spacial score (nSPS) is 11.7. The third-order valence-electron chi connectivity index (χ3n) is 20.3. The molecule has 0 aliphatic rings. The molecule has 0 radical (unpaired) electrons. The van der Waals surface area contributed by atoms with Crippen LogP contribution in [0.25, 0.3) is 217 Å². The molecular weight excluding hydrogens is 1460 g/mol. The Labute approximate surface area is 630 Å². The fourth-order valence-corrected chi connectivity index (χ4v) is 20.6. The molecule has 108 heavy (non-hydrogen) atoms. The molecule has 0 saturated carbocycles. The molecule has 0 spiro atoms. The zero-order valence-corrected chi connectivity index (χ0v) is 61.0. The summed E-state index contributed by atoms with van der Waals surface area (Å²) in [5.41, 5.74) is 16.0. The van der Waals surface area contributed by atoms with Crippen molar-refractivity contribution in [3.63, 3.8) is 0 Å². The molecule has 10 nitrogen and oxygen atoms in total. The molecule has 0 N–H and O–H groups in total. The van der Waals surface area contributed by atoms with Crippen LogP contribution < -0.4 is 0 Å². The molecule has 0 unspecified atom stereocenters. The maximum atomic E-state index is 6.54. The molecule has 22 rings (SSSR count). The summed E-state index contributed by atoms with van der Waals surface area (Å²) in [5.74, 6) is 5.18. The van der Waals surface area contributed by atoms with E-state index in [1.807, 2.05) is 121 Å². The number of hydrogen-bond donors (Lipinski definition) is 0. The molecule has 6 heterocycles. The first-order chi connectivity index (χ1) is 53.5. The molecule has 0 bridgehead atoms. The molecule has 0 amide bonds. The Morgan fingerprint density at radius 2 is 0.556 bits per heavy atom. The number of benzene rings is 16. The molecular formula is C96H56N8O2Se2. The van der Waals surface area contributed by atoms with E-state index in [0.717, 1.165) is 104 Å². The van der Waals surface area contributed by atoms with Gasteiger partial charge < -0.3 is 0 Å². The summed E-state index contributed by atoms with van der Waals surface area (Å²) in [7, 11) is 0. The Morgan fingerprint density at radius 3 is 1.06 bits per heavy atom. The van der Waals surface area contributed by atoms with E-state index in [1.54, 1.807) is 0 Å². The maximum absolute atomic E-state index is 6.54. The second-order valence-electron chi connectivity index (χ2n) is 26.8. The van der Waals surface area contributed by atoms with Crippen molar-refractivity contribution in [1.29, 1.82) is 0 Å². The second-order valence-corrected chi connectivity index (χ2v) is 31.2. The van der Waals surface area contributed by atoms with Crippen LogP contribution in [-0.4, -0.2) is 68.9 Å². The predicted molar refractivity (Wildman–Crippen MR) is 443 cm³/mol. The molecule has 16 aromatic carbocycles. The van der Waals surface area contributed by atoms with Crippen LogP contribution in [0.3, 0.4) is 0 Å². The van der Waals surface area contributed by atoms with Gasteiger partial charge in [0.15, 0.2) is 0 Å². The predicted octanol–water partition coefficient (Wildman–Crippen LogP) is 24.0. The van der Waals surface area contributed by atoms with Crippen LogP contribution in [0.4, 0.5) is 0 Å². The standard InChI is InChI=1S/2C48H28N4OSe/c1-4-12-31(13-5-1)45-50-46(32-14-6-2-7-15-32)52-47(51-45)38-21-11-20-37-36-19-10-18-35(43(36)54-44(37)38)34-25-23-29-22-24-30-26-27-40-42(41(30)39(29)28-34)53-48(49-40)33-16-8-3-9-17-33;1-4-12-29(13-5-1)35-18-10-19-36-42-37(20-11-21-40(42)54-44(35)36)47-51-45(32-14-6-2-7-15-32)50-46(52-47)34-25-23-30-22-24-31-26-27-39-43(41(31)38(30)28-34)53-48(49-39)33-16-8-3-9-17-33/h2*1-28H. The van der Waals surface area contributed by atoms with Gasteiger partial charge in [0, 0.05) is 5.56 Å². The summed E-state index contributed by atoms with van der Waals surface area (Å²) >= 11 is 0.137. The number of oxazole rings is 2. The molecule has 504 valence electrons. The number of hydrogen-bond acceptors (Lipinski definition) is 10. The van der Waals surface area contributed by atoms with Crippen LogP contribution in [0.15, 0.2) is 349 Å². The van der Waals surface area contributed by atoms with Crippen molar-refractivity contribution in [3.8, 4) is 113 Å². The molecule has 0 atom stereocenters. The van der Waals surface area contributed by atoms with Gasteiger partial charge in [0.1, 0.15) is 0 Å². The van der Waals surface area contributed by atoms with Crippen LogP contribution in [-0.2, 0) is 0 Å². The van der Waals surface area contributed by atoms with Gasteiger partial charge in [0.05, 0.1) is 0 Å². The van der Waals surface area contributed by atoms with E-state index in [1.165, 1.54) is 66.2 Å². The number of aromatic nitrogens is 8. The summed E-state index contributed by atoms with van der Waals surface area (Å²) in [6, 6.07) is 118. The van der Waals surface area contributed by atoms with E-state index in [0.29, 0.717) is 46.7 Å². The van der Waals surface area contributed by atoms with Gasteiger partial charge in [0.2, 0.25) is 5.89 Å². The zero-order valence-electron chi connectivity index (χ0n) is 57.5. The van der Waals surface area contributed by atoms with E-state index in [4.69, 9.17) is 48.7 Å². The van der Waals surface area contributed by atoms with Gasteiger partial charge in [-0.15, -0.1) is 0 Å². The van der Waals surface area contributed by atoms with Gasteiger partial charge in [-0.05, 0) is 18.2 Å². The number of nitrogens with zero attached hydrogens (tertiary/aromatic N) is 8. The quantitative estimate of drug-likeness (QED) is 0.0964. The Morgan fingerprint density at radius 1 is 0.204 bits per heavy atom. The average molecular weight is 1510 g/mol. The van der Waals surface area contributed by atoms with Crippen LogP contribution in [0.1, 0.15) is 0 Å². The van der Waals surface area contributed by atoms with Crippen molar-refractivity contribution in [2.45, 2.75) is 0 Å². The van der Waals surface area contributed by atoms with Crippen molar-refractivity contribution >= 4 is 133 Å². The second kappa shape index (κ2) is 26.3. The van der Waals surface area contributed by atoms with Gasteiger partial charge in [-0.3, -0.25) is 0 Å². The van der Waals surface area contributed by atoms with Crippen molar-refractivity contribution < 1.29 is 8.83 Å². The monoisotopic (exact) mass is 1510 g/mol. The van der Waals surface area contributed by atoms with Gasteiger partial charge in [0.25, 0.3) is 0 Å². The van der Waals surface area contributed by atoms with E-state index < -0.39 is 0 Å². The Kier molecular flexibility index (Phi) is 15.4. The summed E-state index contributed by atoms with van der Waals surface area (Å²) in [6.07, 6.45) is 0. The van der Waals surface area contributed by atoms with E-state index in [-0.39, 0.29) is 29.0 Å². The van der Waals surface area contributed by atoms with Crippen LogP contribution in [0.2, 0.25) is 0 Å². The molecule has 0 saturated heterocycles. The fourth-order valence-electron chi connectivity index (χ4n) is 15.1. The van der Waals surface area contributed by atoms with E-state index in [9.17, 15) is 0 Å². The van der Waals surface area contributed by atoms with E-state index >= 15 is 0 Å². The first kappa shape index (κ1) is 63.1. The minimum atomic E-state index is 0.000794. The Bertz CT molecular complexity index is 7240. The average Bonchev–Trinajstić information content (AvgIpc) is 1.43. The van der Waals surface area contributed by atoms with Crippen molar-refractivity contribution in [2.24, 2.45) is 0 Å². The Balaban J connectivity index is 0.000000138. The zero-order chi connectivity index (χ0) is 71.2. The summed E-state index contributed by atoms with van der Waals surface area (Å²) < 4.78 is 18.5. The van der Waals surface area contributed by atoms with Crippen molar-refractivity contribution in [3.05, 3.63) is 340 Å². The molecule has 0 aliphatic heterocycles. The van der Waals surface area contributed by atoms with Crippen molar-refractivity contribution in [1.82, 2.24) is 39.9 Å². The van der Waals surface area contributed by atoms with E-state index in [2.05, 4.69) is 218 Å². The van der Waals surface area contributed by atoms with Crippen LogP contribution in [0, 0.1) is 0 Å². The molecule has 22 aromatic rings. The first-order valence-electron chi connectivity index (χ1n) is 35.8. The molecule has 0 aliphatic carbocycles. The fraction of sp³-hybridized carbons (Fsp3) is 0. The summed E-state index contributed by atoms with van der Waals surface area (Å²) in [6.45, 7) is 0. The first-order valence-corrected chi connectivity index (χ1v) is 39.2. The minimum absolute atomic E-state index is 0.000794. The SMILES string of the molecule is c1ccc(-c2nc(-c3ccc4ccc5ccc6nc(-c7ccccc7)oc6c5c4c3)nc(-c3cccc4[se]c5c(-c6ccccc6)cccc5c34)n2)cc1.c1ccc(-c2nc(-c3ccccc3)nc(-c3cccc4c3[se]c3c(-c5ccc6ccc7ccc8nc(-c9ccccc9)oc8c7c6c5)cccc34)n2)cc1. The molecule has 0 fully saturated rings. The summed E-state index contributed by atoms with van der Waals surface area (Å²) in [4.78, 5) is 40.5. The van der Waals surface area contributed by atoms with Gasteiger partial charge in [-0.1, -0.05) is 24.3 Å². The van der Waals surface area contributed by atoms with Crippen LogP contribution in [0.5, 0.6) is 0 Å². The van der Waals surface area contributed by atoms with Gasteiger partial charge in [-0.2, -0.15) is 0 Å².